The minimum atomic E-state index is -1.10. The van der Waals surface area contributed by atoms with Gasteiger partial charge in [0, 0.05) is 19.2 Å². The predicted molar refractivity (Wildman–Crippen MR) is 73.1 cm³/mol. The van der Waals surface area contributed by atoms with Crippen molar-refractivity contribution in [2.24, 2.45) is 7.05 Å². The maximum absolute atomic E-state index is 13.5. The largest absolute Gasteiger partial charge is 0.485 e. The fourth-order valence-corrected chi connectivity index (χ4v) is 1.66. The van der Waals surface area contributed by atoms with Crippen molar-refractivity contribution in [1.82, 2.24) is 14.8 Å². The lowest BCUT2D eigenvalue weighted by Gasteiger charge is -2.07. The molecule has 1 aromatic carbocycles. The number of benzene rings is 1. The van der Waals surface area contributed by atoms with Crippen molar-refractivity contribution in [3.63, 3.8) is 0 Å². The molecule has 6 nitrogen and oxygen atoms in total. The van der Waals surface area contributed by atoms with Crippen LogP contribution in [0.15, 0.2) is 24.3 Å². The van der Waals surface area contributed by atoms with E-state index in [4.69, 9.17) is 9.84 Å². The summed E-state index contributed by atoms with van der Waals surface area (Å²) in [7, 11) is 1.81. The standard InChI is InChI=1S/C14H14FN3O3/c1-9-16-17-13(18(9)2)8-21-12-6-10(3-4-14(19)20)5-11(15)7-12/h3-7H,8H2,1-2H3,(H,19,20)/b4-3+. The molecule has 0 aliphatic heterocycles. The van der Waals surface area contributed by atoms with E-state index in [0.29, 0.717) is 17.1 Å². The van der Waals surface area contributed by atoms with Gasteiger partial charge in [0.1, 0.15) is 24.0 Å². The van der Waals surface area contributed by atoms with Gasteiger partial charge in [0.25, 0.3) is 0 Å². The third kappa shape index (κ3) is 3.88. The molecule has 110 valence electrons. The number of aryl methyl sites for hydroxylation is 1. The quantitative estimate of drug-likeness (QED) is 0.852. The lowest BCUT2D eigenvalue weighted by molar-refractivity contribution is -0.131. The van der Waals surface area contributed by atoms with E-state index in [1.54, 1.807) is 17.7 Å². The predicted octanol–water partition coefficient (Wildman–Crippen LogP) is 1.94. The van der Waals surface area contributed by atoms with Gasteiger partial charge in [-0.3, -0.25) is 0 Å². The van der Waals surface area contributed by atoms with Crippen LogP contribution in [0.25, 0.3) is 6.08 Å². The van der Waals surface area contributed by atoms with Gasteiger partial charge in [-0.05, 0) is 30.7 Å². The number of halogens is 1. The Bertz CT molecular complexity index is 695. The van der Waals surface area contributed by atoms with Crippen molar-refractivity contribution in [2.75, 3.05) is 0 Å². The summed E-state index contributed by atoms with van der Waals surface area (Å²) in [6.07, 6.45) is 2.23. The highest BCUT2D eigenvalue weighted by atomic mass is 19.1. The fourth-order valence-electron chi connectivity index (χ4n) is 1.66. The molecule has 1 aromatic heterocycles. The SMILES string of the molecule is Cc1nnc(COc2cc(F)cc(/C=C/C(=O)O)c2)n1C. The lowest BCUT2D eigenvalue weighted by atomic mass is 10.2. The number of hydrogen-bond donors (Lipinski definition) is 1. The lowest BCUT2D eigenvalue weighted by Crippen LogP contribution is -2.04. The zero-order valence-electron chi connectivity index (χ0n) is 11.6. The normalized spacial score (nSPS) is 11.0. The van der Waals surface area contributed by atoms with Gasteiger partial charge in [-0.1, -0.05) is 0 Å². The van der Waals surface area contributed by atoms with Crippen LogP contribution in [0, 0.1) is 12.7 Å². The van der Waals surface area contributed by atoms with Crippen LogP contribution in [0.3, 0.4) is 0 Å². The summed E-state index contributed by atoms with van der Waals surface area (Å²) in [6, 6.07) is 3.99. The van der Waals surface area contributed by atoms with Gasteiger partial charge in [-0.2, -0.15) is 0 Å². The molecule has 0 saturated heterocycles. The van der Waals surface area contributed by atoms with Gasteiger partial charge < -0.3 is 14.4 Å². The highest BCUT2D eigenvalue weighted by molar-refractivity contribution is 5.85. The average molecular weight is 291 g/mol. The summed E-state index contributed by atoms with van der Waals surface area (Å²) < 4.78 is 20.7. The van der Waals surface area contributed by atoms with E-state index < -0.39 is 11.8 Å². The molecule has 2 rings (SSSR count). The number of carboxylic acids is 1. The minimum absolute atomic E-state index is 0.142. The summed E-state index contributed by atoms with van der Waals surface area (Å²) in [5.74, 6) is 0.0426. The zero-order valence-corrected chi connectivity index (χ0v) is 11.6. The van der Waals surface area contributed by atoms with Crippen LogP contribution in [-0.4, -0.2) is 25.8 Å². The molecule has 0 saturated carbocycles. The van der Waals surface area contributed by atoms with Crippen molar-refractivity contribution >= 4 is 12.0 Å². The van der Waals surface area contributed by atoms with E-state index in [0.717, 1.165) is 11.9 Å². The van der Waals surface area contributed by atoms with Crippen molar-refractivity contribution in [1.29, 1.82) is 0 Å². The summed E-state index contributed by atoms with van der Waals surface area (Å²) in [5, 5.41) is 16.4. The Morgan fingerprint density at radius 3 is 2.81 bits per heavy atom. The van der Waals surface area contributed by atoms with Crippen LogP contribution in [0.2, 0.25) is 0 Å². The highest BCUT2D eigenvalue weighted by Crippen LogP contribution is 2.18. The number of carbonyl (C=O) groups is 1. The van der Waals surface area contributed by atoms with E-state index in [9.17, 15) is 9.18 Å². The number of nitrogens with zero attached hydrogens (tertiary/aromatic N) is 3. The van der Waals surface area contributed by atoms with Crippen LogP contribution in [-0.2, 0) is 18.4 Å². The molecule has 0 aliphatic carbocycles. The number of hydrogen-bond acceptors (Lipinski definition) is 4. The molecule has 1 N–H and O–H groups in total. The first-order valence-electron chi connectivity index (χ1n) is 6.15. The van der Waals surface area contributed by atoms with E-state index in [-0.39, 0.29) is 6.61 Å². The van der Waals surface area contributed by atoms with Crippen LogP contribution < -0.4 is 4.74 Å². The molecule has 2 aromatic rings. The molecular formula is C14H14FN3O3. The van der Waals surface area contributed by atoms with E-state index >= 15 is 0 Å². The first-order valence-corrected chi connectivity index (χ1v) is 6.15. The number of rotatable bonds is 5. The Labute approximate surface area is 120 Å². The second-order valence-corrected chi connectivity index (χ2v) is 4.40. The Morgan fingerprint density at radius 1 is 1.43 bits per heavy atom. The second kappa shape index (κ2) is 6.17. The average Bonchev–Trinajstić information content (AvgIpc) is 2.74. The molecule has 0 bridgehead atoms. The van der Waals surface area contributed by atoms with Gasteiger partial charge in [-0.15, -0.1) is 10.2 Å². The summed E-state index contributed by atoms with van der Waals surface area (Å²) in [5.41, 5.74) is 0.404. The van der Waals surface area contributed by atoms with Gasteiger partial charge in [0.05, 0.1) is 0 Å². The van der Waals surface area contributed by atoms with Crippen LogP contribution in [0.1, 0.15) is 17.2 Å². The van der Waals surface area contributed by atoms with Gasteiger partial charge >= 0.3 is 5.97 Å². The fraction of sp³-hybridized carbons (Fsp3) is 0.214. The molecule has 0 amide bonds. The Morgan fingerprint density at radius 2 is 2.19 bits per heavy atom. The van der Waals surface area contributed by atoms with Crippen molar-refractivity contribution in [3.05, 3.63) is 47.3 Å². The molecule has 0 spiro atoms. The topological polar surface area (TPSA) is 77.2 Å². The van der Waals surface area contributed by atoms with Gasteiger partial charge in [0.2, 0.25) is 0 Å². The van der Waals surface area contributed by atoms with E-state index in [1.807, 2.05) is 6.92 Å². The van der Waals surface area contributed by atoms with Crippen LogP contribution in [0.4, 0.5) is 4.39 Å². The number of ether oxygens (including phenoxy) is 1. The van der Waals surface area contributed by atoms with E-state index in [1.165, 1.54) is 18.2 Å². The first kappa shape index (κ1) is 14.7. The van der Waals surface area contributed by atoms with E-state index in [2.05, 4.69) is 10.2 Å². The number of aromatic nitrogens is 3. The summed E-state index contributed by atoms with van der Waals surface area (Å²) in [6.45, 7) is 1.95. The molecular weight excluding hydrogens is 277 g/mol. The molecule has 7 heteroatoms. The van der Waals surface area contributed by atoms with Crippen molar-refractivity contribution < 1.29 is 19.0 Å². The second-order valence-electron chi connectivity index (χ2n) is 4.40. The minimum Gasteiger partial charge on any atom is -0.485 e. The molecule has 1 heterocycles. The molecule has 0 radical (unpaired) electrons. The third-order valence-corrected chi connectivity index (χ3v) is 2.86. The van der Waals surface area contributed by atoms with Gasteiger partial charge in [-0.25, -0.2) is 9.18 Å². The Hall–Kier alpha value is -2.70. The zero-order chi connectivity index (χ0) is 15.4. The maximum Gasteiger partial charge on any atom is 0.328 e. The maximum atomic E-state index is 13.5. The Kier molecular flexibility index (Phi) is 4.32. The Balaban J connectivity index is 2.13. The van der Waals surface area contributed by atoms with Crippen LogP contribution in [0.5, 0.6) is 5.75 Å². The monoisotopic (exact) mass is 291 g/mol. The van der Waals surface area contributed by atoms with Crippen molar-refractivity contribution in [2.45, 2.75) is 13.5 Å². The number of carboxylic acid groups (broad SMARTS) is 1. The molecule has 0 unspecified atom stereocenters. The van der Waals surface area contributed by atoms with Crippen LogP contribution >= 0.6 is 0 Å². The molecule has 21 heavy (non-hydrogen) atoms. The third-order valence-electron chi connectivity index (χ3n) is 2.86. The number of aliphatic carboxylic acids is 1. The summed E-state index contributed by atoms with van der Waals surface area (Å²) >= 11 is 0. The molecule has 0 aliphatic rings. The summed E-state index contributed by atoms with van der Waals surface area (Å²) in [4.78, 5) is 10.5. The smallest absolute Gasteiger partial charge is 0.328 e. The molecule has 0 atom stereocenters. The first-order chi connectivity index (χ1) is 9.95. The van der Waals surface area contributed by atoms with Gasteiger partial charge in [0.15, 0.2) is 5.82 Å². The highest BCUT2D eigenvalue weighted by Gasteiger charge is 2.07. The van der Waals surface area contributed by atoms with Crippen molar-refractivity contribution in [3.8, 4) is 5.75 Å². The molecule has 0 fully saturated rings.